The summed E-state index contributed by atoms with van der Waals surface area (Å²) < 4.78 is 42.0. The largest absolute Gasteiger partial charge is 0.480 e. The second-order valence-corrected chi connectivity index (χ2v) is 4.53. The molecule has 3 nitrogen and oxygen atoms in total. The van der Waals surface area contributed by atoms with Gasteiger partial charge in [-0.05, 0) is 11.6 Å². The molecule has 2 aromatic rings. The number of rotatable bonds is 4. The Balaban J connectivity index is 2.49. The zero-order valence-corrected chi connectivity index (χ0v) is 10.8. The van der Waals surface area contributed by atoms with Gasteiger partial charge >= 0.3 is 5.97 Å². The lowest BCUT2D eigenvalue weighted by molar-refractivity contribution is -0.138. The topological polar surface area (TPSA) is 63.3 Å². The van der Waals surface area contributed by atoms with E-state index in [0.29, 0.717) is 5.56 Å². The normalized spacial score (nSPS) is 12.2. The quantitative estimate of drug-likeness (QED) is 0.852. The summed E-state index contributed by atoms with van der Waals surface area (Å²) in [4.78, 5) is 10.6. The number of carboxylic acids is 1. The lowest BCUT2D eigenvalue weighted by Crippen LogP contribution is -2.33. The van der Waals surface area contributed by atoms with Crippen molar-refractivity contribution >= 4 is 5.97 Å². The van der Waals surface area contributed by atoms with E-state index in [1.807, 2.05) is 0 Å². The van der Waals surface area contributed by atoms with Gasteiger partial charge in [-0.1, -0.05) is 30.3 Å². The summed E-state index contributed by atoms with van der Waals surface area (Å²) in [5.41, 5.74) is 4.66. The van der Waals surface area contributed by atoms with Crippen LogP contribution < -0.4 is 5.73 Å². The van der Waals surface area contributed by atoms with E-state index in [0.717, 1.165) is 6.07 Å². The van der Waals surface area contributed by atoms with Crippen LogP contribution in [-0.4, -0.2) is 17.1 Å². The van der Waals surface area contributed by atoms with E-state index in [9.17, 15) is 18.0 Å². The standard InChI is InChI=1S/C15H12F3NO2/c16-11-6-9(8-4-2-1-3-5-8)13(17)14(18)10(11)7-12(19)15(20)21/h1-6,12H,7,19H2,(H,20,21). The lowest BCUT2D eigenvalue weighted by atomic mass is 9.98. The fourth-order valence-corrected chi connectivity index (χ4v) is 1.95. The van der Waals surface area contributed by atoms with Crippen molar-refractivity contribution in [1.82, 2.24) is 0 Å². The van der Waals surface area contributed by atoms with Crippen molar-refractivity contribution in [2.24, 2.45) is 5.73 Å². The van der Waals surface area contributed by atoms with Crippen LogP contribution >= 0.6 is 0 Å². The van der Waals surface area contributed by atoms with Crippen LogP contribution in [0.3, 0.4) is 0 Å². The minimum absolute atomic E-state index is 0.224. The van der Waals surface area contributed by atoms with Crippen LogP contribution in [0.2, 0.25) is 0 Å². The fourth-order valence-electron chi connectivity index (χ4n) is 1.95. The zero-order chi connectivity index (χ0) is 15.6. The van der Waals surface area contributed by atoms with Gasteiger partial charge < -0.3 is 10.8 Å². The van der Waals surface area contributed by atoms with Crippen molar-refractivity contribution in [3.05, 3.63) is 59.4 Å². The molecular formula is C15H12F3NO2. The second-order valence-electron chi connectivity index (χ2n) is 4.53. The van der Waals surface area contributed by atoms with E-state index in [-0.39, 0.29) is 5.56 Å². The van der Waals surface area contributed by atoms with E-state index in [1.54, 1.807) is 18.2 Å². The summed E-state index contributed by atoms with van der Waals surface area (Å²) in [6.07, 6.45) is -0.626. The molecule has 2 aromatic carbocycles. The molecule has 0 aromatic heterocycles. The first kappa shape index (κ1) is 15.1. The maximum Gasteiger partial charge on any atom is 0.320 e. The highest BCUT2D eigenvalue weighted by Gasteiger charge is 2.23. The van der Waals surface area contributed by atoms with E-state index >= 15 is 0 Å². The average Bonchev–Trinajstić information content (AvgIpc) is 2.47. The summed E-state index contributed by atoms with van der Waals surface area (Å²) in [6, 6.07) is 7.28. The molecule has 0 bridgehead atoms. The predicted octanol–water partition coefficient (Wildman–Crippen LogP) is 2.73. The van der Waals surface area contributed by atoms with Crippen LogP contribution in [-0.2, 0) is 11.2 Å². The Morgan fingerprint density at radius 3 is 2.33 bits per heavy atom. The number of hydrogen-bond donors (Lipinski definition) is 2. The predicted molar refractivity (Wildman–Crippen MR) is 71.1 cm³/mol. The minimum atomic E-state index is -1.50. The third kappa shape index (κ3) is 3.05. The summed E-state index contributed by atoms with van der Waals surface area (Å²) in [5.74, 6) is -5.08. The second kappa shape index (κ2) is 5.97. The Labute approximate surface area is 118 Å². The number of halogens is 3. The Morgan fingerprint density at radius 1 is 1.14 bits per heavy atom. The van der Waals surface area contributed by atoms with Crippen LogP contribution in [0, 0.1) is 17.5 Å². The number of aliphatic carboxylic acids is 1. The summed E-state index contributed by atoms with van der Waals surface area (Å²) in [6.45, 7) is 0. The van der Waals surface area contributed by atoms with Crippen LogP contribution in [0.1, 0.15) is 5.56 Å². The van der Waals surface area contributed by atoms with Gasteiger partial charge in [-0.25, -0.2) is 13.2 Å². The number of hydrogen-bond acceptors (Lipinski definition) is 2. The molecule has 6 heteroatoms. The molecule has 0 saturated heterocycles. The van der Waals surface area contributed by atoms with Crippen molar-refractivity contribution in [2.45, 2.75) is 12.5 Å². The number of carboxylic acid groups (broad SMARTS) is 1. The van der Waals surface area contributed by atoms with Gasteiger partial charge in [-0.2, -0.15) is 0 Å². The van der Waals surface area contributed by atoms with E-state index in [4.69, 9.17) is 10.8 Å². The number of benzene rings is 2. The van der Waals surface area contributed by atoms with Gasteiger partial charge in [-0.3, -0.25) is 4.79 Å². The van der Waals surface area contributed by atoms with Crippen molar-refractivity contribution in [2.75, 3.05) is 0 Å². The molecule has 0 aliphatic carbocycles. The zero-order valence-electron chi connectivity index (χ0n) is 10.8. The first-order valence-corrected chi connectivity index (χ1v) is 6.12. The Morgan fingerprint density at radius 2 is 1.76 bits per heavy atom. The lowest BCUT2D eigenvalue weighted by Gasteiger charge is -2.12. The van der Waals surface area contributed by atoms with Gasteiger partial charge in [0.05, 0.1) is 0 Å². The highest BCUT2D eigenvalue weighted by Crippen LogP contribution is 2.28. The molecule has 0 aliphatic heterocycles. The SMILES string of the molecule is NC(Cc1c(F)cc(-c2ccccc2)c(F)c1F)C(=O)O. The molecule has 2 rings (SSSR count). The highest BCUT2D eigenvalue weighted by molar-refractivity contribution is 5.73. The van der Waals surface area contributed by atoms with Gasteiger partial charge in [0, 0.05) is 17.5 Å². The molecule has 3 N–H and O–H groups in total. The molecule has 0 spiro atoms. The van der Waals surface area contributed by atoms with E-state index < -0.39 is 41.4 Å². The van der Waals surface area contributed by atoms with Crippen LogP contribution in [0.5, 0.6) is 0 Å². The molecule has 0 aliphatic rings. The molecule has 0 radical (unpaired) electrons. The first-order valence-electron chi connectivity index (χ1n) is 6.12. The maximum absolute atomic E-state index is 14.0. The highest BCUT2D eigenvalue weighted by atomic mass is 19.2. The molecule has 1 atom stereocenters. The van der Waals surface area contributed by atoms with Crippen LogP contribution in [0.15, 0.2) is 36.4 Å². The molecule has 0 saturated carbocycles. The summed E-state index contributed by atoms with van der Waals surface area (Å²) >= 11 is 0. The third-order valence-electron chi connectivity index (χ3n) is 3.08. The summed E-state index contributed by atoms with van der Waals surface area (Å²) in [5, 5.41) is 8.66. The van der Waals surface area contributed by atoms with Gasteiger partial charge in [0.15, 0.2) is 11.6 Å². The Kier molecular flexibility index (Phi) is 4.28. The molecule has 0 fully saturated rings. The van der Waals surface area contributed by atoms with Gasteiger partial charge in [0.2, 0.25) is 0 Å². The average molecular weight is 295 g/mol. The van der Waals surface area contributed by atoms with Crippen LogP contribution in [0.4, 0.5) is 13.2 Å². The first-order chi connectivity index (χ1) is 9.91. The fraction of sp³-hybridized carbons (Fsp3) is 0.133. The van der Waals surface area contributed by atoms with Gasteiger partial charge in [-0.15, -0.1) is 0 Å². The smallest absolute Gasteiger partial charge is 0.320 e. The van der Waals surface area contributed by atoms with Crippen molar-refractivity contribution in [3.8, 4) is 11.1 Å². The van der Waals surface area contributed by atoms with Crippen LogP contribution in [0.25, 0.3) is 11.1 Å². The van der Waals surface area contributed by atoms with Gasteiger partial charge in [0.1, 0.15) is 11.9 Å². The summed E-state index contributed by atoms with van der Waals surface area (Å²) in [7, 11) is 0. The van der Waals surface area contributed by atoms with Crippen molar-refractivity contribution < 1.29 is 23.1 Å². The molecule has 110 valence electrons. The third-order valence-corrected chi connectivity index (χ3v) is 3.08. The monoisotopic (exact) mass is 295 g/mol. The Bertz CT molecular complexity index is 674. The Hall–Kier alpha value is -2.34. The maximum atomic E-state index is 14.0. The van der Waals surface area contributed by atoms with E-state index in [1.165, 1.54) is 12.1 Å². The van der Waals surface area contributed by atoms with Gasteiger partial charge in [0.25, 0.3) is 0 Å². The number of nitrogens with two attached hydrogens (primary N) is 1. The molecule has 0 amide bonds. The molecular weight excluding hydrogens is 283 g/mol. The molecule has 21 heavy (non-hydrogen) atoms. The molecule has 1 unspecified atom stereocenters. The van der Waals surface area contributed by atoms with Crippen molar-refractivity contribution in [3.63, 3.8) is 0 Å². The van der Waals surface area contributed by atoms with Crippen molar-refractivity contribution in [1.29, 1.82) is 0 Å². The minimum Gasteiger partial charge on any atom is -0.480 e. The number of carbonyl (C=O) groups is 1. The molecule has 0 heterocycles. The van der Waals surface area contributed by atoms with E-state index in [2.05, 4.69) is 0 Å².